The normalized spacial score (nSPS) is 12.6. The van der Waals surface area contributed by atoms with E-state index in [0.717, 1.165) is 61.3 Å². The summed E-state index contributed by atoms with van der Waals surface area (Å²) in [4.78, 5) is 2.44. The molecule has 296 valence electrons. The fourth-order valence-corrected chi connectivity index (χ4v) is 10.1. The third kappa shape index (κ3) is 5.95. The van der Waals surface area contributed by atoms with Crippen LogP contribution in [0.25, 0.3) is 66.4 Å². The number of nitrogens with zero attached hydrogens (tertiary/aromatic N) is 1. The predicted molar refractivity (Wildman–Crippen MR) is 262 cm³/mol. The lowest BCUT2D eigenvalue weighted by atomic mass is 9.67. The van der Waals surface area contributed by atoms with Gasteiger partial charge in [-0.15, -0.1) is 0 Å². The van der Waals surface area contributed by atoms with Gasteiger partial charge in [0.15, 0.2) is 0 Å². The second-order valence-corrected chi connectivity index (χ2v) is 16.4. The fourth-order valence-electron chi connectivity index (χ4n) is 10.1. The molecule has 10 aromatic carbocycles. The number of anilines is 3. The molecular weight excluding hydrogens is 763 g/mol. The SMILES string of the molecule is c1ccc(-c2ccc(-c3ccccc3N(c3ccc(-c4cccc5c4oc4ccccc45)cc3)c3ccc4c(c3)C(c3ccccc3)(c3ccccc3)c3ccccc3-4)cc2)cc1. The lowest BCUT2D eigenvalue weighted by molar-refractivity contribution is 0.670. The topological polar surface area (TPSA) is 16.4 Å². The maximum Gasteiger partial charge on any atom is 0.143 e. The quantitative estimate of drug-likeness (QED) is 0.152. The first kappa shape index (κ1) is 36.6. The number of furan rings is 1. The first-order valence-electron chi connectivity index (χ1n) is 21.7. The lowest BCUT2D eigenvalue weighted by Gasteiger charge is -2.35. The van der Waals surface area contributed by atoms with Crippen molar-refractivity contribution in [1.29, 1.82) is 0 Å². The van der Waals surface area contributed by atoms with E-state index in [-0.39, 0.29) is 0 Å². The third-order valence-corrected chi connectivity index (χ3v) is 13.0. The van der Waals surface area contributed by atoms with Crippen molar-refractivity contribution in [2.75, 3.05) is 4.90 Å². The summed E-state index contributed by atoms with van der Waals surface area (Å²) in [5.41, 5.74) is 19.0. The van der Waals surface area contributed by atoms with E-state index in [4.69, 9.17) is 4.42 Å². The summed E-state index contributed by atoms with van der Waals surface area (Å²) >= 11 is 0. The number of benzene rings is 10. The zero-order chi connectivity index (χ0) is 41.7. The molecule has 0 spiro atoms. The Morgan fingerprint density at radius 1 is 0.317 bits per heavy atom. The molecule has 0 atom stereocenters. The van der Waals surface area contributed by atoms with E-state index < -0.39 is 5.41 Å². The zero-order valence-electron chi connectivity index (χ0n) is 34.5. The molecule has 12 rings (SSSR count). The summed E-state index contributed by atoms with van der Waals surface area (Å²) < 4.78 is 6.51. The monoisotopic (exact) mass is 803 g/mol. The molecule has 1 aliphatic carbocycles. The highest BCUT2D eigenvalue weighted by Crippen LogP contribution is 2.57. The second kappa shape index (κ2) is 15.1. The van der Waals surface area contributed by atoms with Gasteiger partial charge in [0.1, 0.15) is 11.2 Å². The maximum atomic E-state index is 6.51. The largest absolute Gasteiger partial charge is 0.455 e. The Kier molecular flexibility index (Phi) is 8.76. The van der Waals surface area contributed by atoms with Gasteiger partial charge >= 0.3 is 0 Å². The summed E-state index contributed by atoms with van der Waals surface area (Å²) in [6.07, 6.45) is 0. The van der Waals surface area contributed by atoms with Crippen LogP contribution < -0.4 is 4.90 Å². The summed E-state index contributed by atoms with van der Waals surface area (Å²) in [5.74, 6) is 0. The Morgan fingerprint density at radius 2 is 0.825 bits per heavy atom. The third-order valence-electron chi connectivity index (χ3n) is 13.0. The van der Waals surface area contributed by atoms with Gasteiger partial charge in [0, 0.05) is 33.3 Å². The van der Waals surface area contributed by atoms with Crippen LogP contribution in [0.1, 0.15) is 22.3 Å². The first-order chi connectivity index (χ1) is 31.3. The Balaban J connectivity index is 1.06. The second-order valence-electron chi connectivity index (χ2n) is 16.4. The minimum absolute atomic E-state index is 0.530. The summed E-state index contributed by atoms with van der Waals surface area (Å²) in [5, 5.41) is 2.26. The van der Waals surface area contributed by atoms with Gasteiger partial charge in [0.2, 0.25) is 0 Å². The van der Waals surface area contributed by atoms with Crippen molar-refractivity contribution >= 4 is 39.0 Å². The highest BCUT2D eigenvalue weighted by molar-refractivity contribution is 6.09. The molecule has 1 aliphatic rings. The Morgan fingerprint density at radius 3 is 1.57 bits per heavy atom. The van der Waals surface area contributed by atoms with Crippen LogP contribution in [0.3, 0.4) is 0 Å². The molecular formula is C61H41NO. The maximum absolute atomic E-state index is 6.51. The van der Waals surface area contributed by atoms with Crippen molar-refractivity contribution in [3.63, 3.8) is 0 Å². The van der Waals surface area contributed by atoms with Gasteiger partial charge in [0.25, 0.3) is 0 Å². The van der Waals surface area contributed by atoms with E-state index in [0.29, 0.717) is 0 Å². The van der Waals surface area contributed by atoms with Crippen LogP contribution in [-0.2, 0) is 5.41 Å². The van der Waals surface area contributed by atoms with Gasteiger partial charge in [-0.2, -0.15) is 0 Å². The van der Waals surface area contributed by atoms with Crippen LogP contribution in [0.15, 0.2) is 253 Å². The number of para-hydroxylation sites is 3. The summed E-state index contributed by atoms with van der Waals surface area (Å²) in [6, 6.07) is 90.3. The first-order valence-corrected chi connectivity index (χ1v) is 21.7. The molecule has 0 aliphatic heterocycles. The Hall–Kier alpha value is -8.20. The van der Waals surface area contributed by atoms with E-state index in [9.17, 15) is 0 Å². The lowest BCUT2D eigenvalue weighted by Crippen LogP contribution is -2.28. The standard InChI is InChI=1S/C61H41NO/c1-4-17-42(18-5-1)43-31-33-44(34-32-43)50-23-11-14-29-58(50)62(48-37-35-45(36-38-48)51-26-16-27-55-54-25-12-15-30-59(54)63-60(51)55)49-39-40-53-52-24-10-13-28-56(52)61(57(53)41-49,46-19-6-2-7-20-46)47-21-8-3-9-22-47/h1-41H. The van der Waals surface area contributed by atoms with E-state index >= 15 is 0 Å². The van der Waals surface area contributed by atoms with Crippen LogP contribution in [0.2, 0.25) is 0 Å². The van der Waals surface area contributed by atoms with Gasteiger partial charge < -0.3 is 9.32 Å². The molecule has 2 heteroatoms. The van der Waals surface area contributed by atoms with Crippen molar-refractivity contribution in [2.45, 2.75) is 5.41 Å². The molecule has 11 aromatic rings. The van der Waals surface area contributed by atoms with Crippen LogP contribution >= 0.6 is 0 Å². The molecule has 1 heterocycles. The Bertz CT molecular complexity index is 3380. The smallest absolute Gasteiger partial charge is 0.143 e. The highest BCUT2D eigenvalue weighted by Gasteiger charge is 2.46. The van der Waals surface area contributed by atoms with Crippen LogP contribution in [0.4, 0.5) is 17.1 Å². The van der Waals surface area contributed by atoms with E-state index in [1.807, 2.05) is 12.1 Å². The summed E-state index contributed by atoms with van der Waals surface area (Å²) in [6.45, 7) is 0. The predicted octanol–water partition coefficient (Wildman–Crippen LogP) is 16.4. The highest BCUT2D eigenvalue weighted by atomic mass is 16.3. The summed E-state index contributed by atoms with van der Waals surface area (Å²) in [7, 11) is 0. The van der Waals surface area contributed by atoms with Crippen molar-refractivity contribution < 1.29 is 4.42 Å². The average molecular weight is 804 g/mol. The number of hydrogen-bond acceptors (Lipinski definition) is 2. The number of hydrogen-bond donors (Lipinski definition) is 0. The Labute approximate surface area is 367 Å². The van der Waals surface area contributed by atoms with E-state index in [2.05, 4.69) is 241 Å². The molecule has 2 nitrogen and oxygen atoms in total. The molecule has 0 amide bonds. The number of fused-ring (bicyclic) bond motifs is 6. The van der Waals surface area contributed by atoms with Crippen molar-refractivity contribution in [3.8, 4) is 44.5 Å². The molecule has 0 N–H and O–H groups in total. The van der Waals surface area contributed by atoms with Crippen LogP contribution in [-0.4, -0.2) is 0 Å². The molecule has 0 fully saturated rings. The van der Waals surface area contributed by atoms with Crippen LogP contribution in [0, 0.1) is 0 Å². The molecule has 0 bridgehead atoms. The molecule has 0 saturated heterocycles. The molecule has 0 saturated carbocycles. The van der Waals surface area contributed by atoms with Crippen molar-refractivity contribution in [3.05, 3.63) is 271 Å². The minimum atomic E-state index is -0.530. The van der Waals surface area contributed by atoms with Gasteiger partial charge in [0.05, 0.1) is 11.1 Å². The fraction of sp³-hybridized carbons (Fsp3) is 0.0164. The van der Waals surface area contributed by atoms with Gasteiger partial charge in [-0.1, -0.05) is 212 Å². The minimum Gasteiger partial charge on any atom is -0.455 e. The van der Waals surface area contributed by atoms with Crippen LogP contribution in [0.5, 0.6) is 0 Å². The molecule has 1 aromatic heterocycles. The average Bonchev–Trinajstić information content (AvgIpc) is 3.89. The van der Waals surface area contributed by atoms with E-state index in [1.165, 1.54) is 44.5 Å². The van der Waals surface area contributed by atoms with E-state index in [1.54, 1.807) is 0 Å². The van der Waals surface area contributed by atoms with Gasteiger partial charge in [-0.05, 0) is 92.0 Å². The van der Waals surface area contributed by atoms with Crippen molar-refractivity contribution in [1.82, 2.24) is 0 Å². The van der Waals surface area contributed by atoms with Crippen molar-refractivity contribution in [2.24, 2.45) is 0 Å². The number of rotatable bonds is 8. The van der Waals surface area contributed by atoms with Gasteiger partial charge in [-0.25, -0.2) is 0 Å². The van der Waals surface area contributed by atoms with Gasteiger partial charge in [-0.3, -0.25) is 0 Å². The molecule has 63 heavy (non-hydrogen) atoms. The molecule has 0 radical (unpaired) electrons. The zero-order valence-corrected chi connectivity index (χ0v) is 34.5. The molecule has 0 unspecified atom stereocenters.